The maximum Gasteiger partial charge on any atom is 0.360 e. The maximum atomic E-state index is 11.9. The average Bonchev–Trinajstić information content (AvgIpc) is 3.03. The number of sulfonamides is 1. The number of aromatic nitrogens is 2. The van der Waals surface area contributed by atoms with E-state index in [0.29, 0.717) is 13.0 Å². The minimum Gasteiger partial charge on any atom is -0.458 e. The largest absolute Gasteiger partial charge is 0.458 e. The molecule has 0 aliphatic carbocycles. The molecule has 8 nitrogen and oxygen atoms in total. The number of nitrogens with two attached hydrogens (primary N) is 1. The van der Waals surface area contributed by atoms with E-state index in [-0.39, 0.29) is 29.0 Å². The maximum absolute atomic E-state index is 11.9. The number of carbonyl (C=O) groups is 1. The second kappa shape index (κ2) is 5.90. The van der Waals surface area contributed by atoms with Crippen molar-refractivity contribution >= 4 is 16.0 Å². The van der Waals surface area contributed by atoms with Crippen molar-refractivity contribution in [2.45, 2.75) is 37.2 Å². The molecule has 1 aliphatic heterocycles. The third-order valence-electron chi connectivity index (χ3n) is 3.05. The lowest BCUT2D eigenvalue weighted by Gasteiger charge is -2.09. The van der Waals surface area contributed by atoms with Crippen molar-refractivity contribution < 1.29 is 22.7 Å². The van der Waals surface area contributed by atoms with Crippen molar-refractivity contribution in [3.8, 4) is 0 Å². The molecule has 1 aromatic rings. The predicted octanol–water partition coefficient (Wildman–Crippen LogP) is -0.0447. The van der Waals surface area contributed by atoms with E-state index in [4.69, 9.17) is 14.6 Å². The molecule has 1 unspecified atom stereocenters. The van der Waals surface area contributed by atoms with Gasteiger partial charge in [0, 0.05) is 6.61 Å². The zero-order chi connectivity index (χ0) is 14.8. The highest BCUT2D eigenvalue weighted by atomic mass is 32.2. The summed E-state index contributed by atoms with van der Waals surface area (Å²) in [5.41, 5.74) is -0.0149. The quantitative estimate of drug-likeness (QED) is 0.735. The number of nitrogens with one attached hydrogen (secondary N) is 1. The van der Waals surface area contributed by atoms with Crippen LogP contribution in [0.15, 0.2) is 4.90 Å². The van der Waals surface area contributed by atoms with Crippen LogP contribution in [0, 0.1) is 0 Å². The first-order chi connectivity index (χ1) is 9.43. The molecule has 9 heteroatoms. The van der Waals surface area contributed by atoms with Gasteiger partial charge in [0.1, 0.15) is 11.5 Å². The van der Waals surface area contributed by atoms with E-state index in [1.807, 2.05) is 0 Å². The van der Waals surface area contributed by atoms with Crippen LogP contribution in [-0.2, 0) is 25.9 Å². The van der Waals surface area contributed by atoms with Gasteiger partial charge in [-0.3, -0.25) is 5.10 Å². The van der Waals surface area contributed by atoms with E-state index >= 15 is 0 Å². The van der Waals surface area contributed by atoms with Gasteiger partial charge in [-0.05, 0) is 19.3 Å². The molecular weight excluding hydrogens is 286 g/mol. The number of aryl methyl sites for hydroxylation is 1. The Bertz CT molecular complexity index is 589. The van der Waals surface area contributed by atoms with Crippen molar-refractivity contribution in [1.82, 2.24) is 10.2 Å². The zero-order valence-corrected chi connectivity index (χ0v) is 11.9. The van der Waals surface area contributed by atoms with Gasteiger partial charge in [0.05, 0.1) is 11.8 Å². The van der Waals surface area contributed by atoms with Gasteiger partial charge in [0.2, 0.25) is 10.0 Å². The Hall–Kier alpha value is -1.45. The van der Waals surface area contributed by atoms with E-state index in [1.54, 1.807) is 6.92 Å². The number of aromatic amines is 1. The number of carbonyl (C=O) groups excluding carboxylic acids is 1. The van der Waals surface area contributed by atoms with Crippen LogP contribution in [0.3, 0.4) is 0 Å². The van der Waals surface area contributed by atoms with Crippen LogP contribution < -0.4 is 5.14 Å². The Morgan fingerprint density at radius 3 is 2.90 bits per heavy atom. The minimum absolute atomic E-state index is 0.0806. The molecule has 0 saturated carbocycles. The second-order valence-corrected chi connectivity index (χ2v) is 6.01. The summed E-state index contributed by atoms with van der Waals surface area (Å²) in [5, 5.41) is 11.3. The number of ether oxygens (including phenoxy) is 2. The molecule has 0 amide bonds. The summed E-state index contributed by atoms with van der Waals surface area (Å²) in [4.78, 5) is 11.6. The zero-order valence-electron chi connectivity index (χ0n) is 11.1. The summed E-state index contributed by atoms with van der Waals surface area (Å²) in [6.07, 6.45) is 1.96. The van der Waals surface area contributed by atoms with Gasteiger partial charge in [-0.1, -0.05) is 6.92 Å². The summed E-state index contributed by atoms with van der Waals surface area (Å²) in [5.74, 6) is -0.819. The summed E-state index contributed by atoms with van der Waals surface area (Å²) in [6, 6.07) is 0. The first-order valence-corrected chi connectivity index (χ1v) is 7.87. The molecule has 20 heavy (non-hydrogen) atoms. The van der Waals surface area contributed by atoms with Crippen LogP contribution in [0.25, 0.3) is 0 Å². The molecule has 3 N–H and O–H groups in total. The molecule has 0 spiro atoms. The minimum atomic E-state index is -4.04. The van der Waals surface area contributed by atoms with Crippen molar-refractivity contribution in [3.05, 3.63) is 11.4 Å². The van der Waals surface area contributed by atoms with Gasteiger partial charge >= 0.3 is 5.97 Å². The Morgan fingerprint density at radius 2 is 2.35 bits per heavy atom. The molecule has 2 heterocycles. The Labute approximate surface area is 116 Å². The van der Waals surface area contributed by atoms with Gasteiger partial charge in [-0.15, -0.1) is 0 Å². The number of hydrogen-bond acceptors (Lipinski definition) is 6. The van der Waals surface area contributed by atoms with Crippen molar-refractivity contribution in [2.24, 2.45) is 5.14 Å². The predicted molar refractivity (Wildman–Crippen MR) is 68.6 cm³/mol. The first kappa shape index (κ1) is 14.9. The molecule has 1 aliphatic rings. The third kappa shape index (κ3) is 3.17. The van der Waals surface area contributed by atoms with Crippen LogP contribution in [0.1, 0.15) is 35.9 Å². The van der Waals surface area contributed by atoms with Crippen LogP contribution in [0.2, 0.25) is 0 Å². The number of esters is 1. The van der Waals surface area contributed by atoms with Gasteiger partial charge in [0.15, 0.2) is 5.69 Å². The third-order valence-corrected chi connectivity index (χ3v) is 4.06. The molecule has 1 saturated heterocycles. The summed E-state index contributed by atoms with van der Waals surface area (Å²) >= 11 is 0. The molecule has 1 atom stereocenters. The molecule has 112 valence electrons. The lowest BCUT2D eigenvalue weighted by Crippen LogP contribution is -2.21. The highest BCUT2D eigenvalue weighted by Gasteiger charge is 2.28. The van der Waals surface area contributed by atoms with Gasteiger partial charge in [-0.25, -0.2) is 18.4 Å². The van der Waals surface area contributed by atoms with E-state index in [1.165, 1.54) is 0 Å². The Morgan fingerprint density at radius 1 is 1.60 bits per heavy atom. The average molecular weight is 303 g/mol. The van der Waals surface area contributed by atoms with E-state index < -0.39 is 16.0 Å². The van der Waals surface area contributed by atoms with Gasteiger partial charge in [0.25, 0.3) is 0 Å². The van der Waals surface area contributed by atoms with E-state index in [0.717, 1.165) is 12.8 Å². The van der Waals surface area contributed by atoms with Gasteiger partial charge in [-0.2, -0.15) is 5.10 Å². The fourth-order valence-corrected chi connectivity index (χ4v) is 3.00. The van der Waals surface area contributed by atoms with Crippen molar-refractivity contribution in [1.29, 1.82) is 0 Å². The number of nitrogens with zero attached hydrogens (tertiary/aromatic N) is 1. The smallest absolute Gasteiger partial charge is 0.360 e. The lowest BCUT2D eigenvalue weighted by atomic mass is 10.2. The highest BCUT2D eigenvalue weighted by molar-refractivity contribution is 7.89. The molecule has 2 rings (SSSR count). The van der Waals surface area contributed by atoms with Crippen LogP contribution in [0.4, 0.5) is 0 Å². The normalized spacial score (nSPS) is 19.2. The lowest BCUT2D eigenvalue weighted by molar-refractivity contribution is 0.0153. The molecule has 0 bridgehead atoms. The topological polar surface area (TPSA) is 124 Å². The SMILES string of the molecule is CCc1[nH]nc(C(=O)OCC2CCCO2)c1S(N)(=O)=O. The summed E-state index contributed by atoms with van der Waals surface area (Å²) in [6.45, 7) is 2.45. The fraction of sp³-hybridized carbons (Fsp3) is 0.636. The molecule has 1 aromatic heterocycles. The van der Waals surface area contributed by atoms with E-state index in [2.05, 4.69) is 10.2 Å². The molecule has 0 radical (unpaired) electrons. The molecule has 0 aromatic carbocycles. The van der Waals surface area contributed by atoms with Gasteiger partial charge < -0.3 is 9.47 Å². The molecular formula is C11H17N3O5S. The fourth-order valence-electron chi connectivity index (χ4n) is 2.07. The van der Waals surface area contributed by atoms with Crippen LogP contribution in [0.5, 0.6) is 0 Å². The molecule has 1 fully saturated rings. The number of rotatable bonds is 5. The highest BCUT2D eigenvalue weighted by Crippen LogP contribution is 2.19. The number of hydrogen-bond donors (Lipinski definition) is 2. The van der Waals surface area contributed by atoms with Crippen molar-refractivity contribution in [3.63, 3.8) is 0 Å². The first-order valence-electron chi connectivity index (χ1n) is 6.32. The number of primary sulfonamides is 1. The summed E-state index contributed by atoms with van der Waals surface area (Å²) < 4.78 is 33.4. The van der Waals surface area contributed by atoms with Crippen molar-refractivity contribution in [2.75, 3.05) is 13.2 Å². The standard InChI is InChI=1S/C11H17N3O5S/c1-2-8-10(20(12,16)17)9(14-13-8)11(15)19-6-7-4-3-5-18-7/h7H,2-6H2,1H3,(H,13,14)(H2,12,16,17). The van der Waals surface area contributed by atoms with Crippen LogP contribution >= 0.6 is 0 Å². The monoisotopic (exact) mass is 303 g/mol. The Kier molecular flexibility index (Phi) is 4.41. The van der Waals surface area contributed by atoms with E-state index in [9.17, 15) is 13.2 Å². The second-order valence-electron chi connectivity index (χ2n) is 4.51. The van der Waals surface area contributed by atoms with Crippen LogP contribution in [-0.4, -0.2) is 43.9 Å². The summed E-state index contributed by atoms with van der Waals surface area (Å²) in [7, 11) is -4.04. The number of H-pyrrole nitrogens is 1. The Balaban J connectivity index is 2.15.